The first-order chi connectivity index (χ1) is 10.2. The number of thiophene rings is 1. The predicted molar refractivity (Wildman–Crippen MR) is 88.3 cm³/mol. The summed E-state index contributed by atoms with van der Waals surface area (Å²) < 4.78 is 0. The van der Waals surface area contributed by atoms with Crippen molar-refractivity contribution < 1.29 is 4.79 Å². The fourth-order valence-electron chi connectivity index (χ4n) is 2.80. The molecule has 1 unspecified atom stereocenters. The Balaban J connectivity index is 2.00. The average molecular weight is 309 g/mol. The van der Waals surface area contributed by atoms with Crippen molar-refractivity contribution in [1.82, 2.24) is 9.80 Å². The van der Waals surface area contributed by atoms with Crippen LogP contribution >= 0.6 is 11.3 Å². The van der Waals surface area contributed by atoms with Gasteiger partial charge in [-0.15, -0.1) is 0 Å². The summed E-state index contributed by atoms with van der Waals surface area (Å²) in [6.45, 7) is 7.09. The lowest BCUT2D eigenvalue weighted by Crippen LogP contribution is -2.45. The van der Waals surface area contributed by atoms with E-state index in [9.17, 15) is 4.79 Å². The van der Waals surface area contributed by atoms with Crippen LogP contribution in [0.2, 0.25) is 0 Å². The standard InChI is InChI=1S/C16H27N3OS/c1-3-18(4-2)16(20)9-15(10-17)19(14-5-6-14)11-13-7-8-21-12-13/h7-8,12,14-15H,3-6,9-11,17H2,1-2H3. The third-order valence-electron chi connectivity index (χ3n) is 4.23. The quantitative estimate of drug-likeness (QED) is 0.761. The Morgan fingerprint density at radius 3 is 2.62 bits per heavy atom. The van der Waals surface area contributed by atoms with E-state index in [1.165, 1.54) is 18.4 Å². The molecule has 0 radical (unpaired) electrons. The molecular weight excluding hydrogens is 282 g/mol. The van der Waals surface area contributed by atoms with Crippen LogP contribution in [0, 0.1) is 0 Å². The van der Waals surface area contributed by atoms with E-state index in [1.807, 2.05) is 18.7 Å². The normalized spacial score (nSPS) is 16.2. The van der Waals surface area contributed by atoms with Gasteiger partial charge in [0.15, 0.2) is 0 Å². The number of nitrogens with two attached hydrogens (primary N) is 1. The van der Waals surface area contributed by atoms with Crippen LogP contribution < -0.4 is 5.73 Å². The van der Waals surface area contributed by atoms with Crippen molar-refractivity contribution in [1.29, 1.82) is 0 Å². The lowest BCUT2D eigenvalue weighted by Gasteiger charge is -2.32. The van der Waals surface area contributed by atoms with Crippen molar-refractivity contribution in [3.8, 4) is 0 Å². The molecule has 1 heterocycles. The molecule has 0 spiro atoms. The van der Waals surface area contributed by atoms with Crippen molar-refractivity contribution in [2.24, 2.45) is 5.73 Å². The Labute approximate surface area is 131 Å². The summed E-state index contributed by atoms with van der Waals surface area (Å²) in [4.78, 5) is 16.7. The van der Waals surface area contributed by atoms with Crippen LogP contribution in [0.15, 0.2) is 16.8 Å². The molecule has 2 rings (SSSR count). The second-order valence-corrected chi connectivity index (χ2v) is 6.47. The van der Waals surface area contributed by atoms with Crippen LogP contribution in [0.5, 0.6) is 0 Å². The van der Waals surface area contributed by atoms with Gasteiger partial charge in [0.2, 0.25) is 5.91 Å². The van der Waals surface area contributed by atoms with Gasteiger partial charge in [-0.1, -0.05) is 0 Å². The average Bonchev–Trinajstić information content (AvgIpc) is 3.20. The predicted octanol–water partition coefficient (Wildman–Crippen LogP) is 2.30. The molecule has 1 fully saturated rings. The summed E-state index contributed by atoms with van der Waals surface area (Å²) in [5, 5.41) is 4.30. The second-order valence-electron chi connectivity index (χ2n) is 5.69. The first kappa shape index (κ1) is 16.5. The Hall–Kier alpha value is -0.910. The van der Waals surface area contributed by atoms with Gasteiger partial charge in [0.1, 0.15) is 0 Å². The van der Waals surface area contributed by atoms with Crippen molar-refractivity contribution in [2.45, 2.75) is 51.7 Å². The minimum absolute atomic E-state index is 0.158. The monoisotopic (exact) mass is 309 g/mol. The molecular formula is C16H27N3OS. The van der Waals surface area contributed by atoms with Crippen LogP contribution in [-0.2, 0) is 11.3 Å². The summed E-state index contributed by atoms with van der Waals surface area (Å²) in [5.74, 6) is 0.228. The largest absolute Gasteiger partial charge is 0.343 e. The number of amides is 1. The topological polar surface area (TPSA) is 49.6 Å². The van der Waals surface area contributed by atoms with E-state index in [4.69, 9.17) is 5.73 Å². The van der Waals surface area contributed by atoms with Crippen molar-refractivity contribution in [2.75, 3.05) is 19.6 Å². The fourth-order valence-corrected chi connectivity index (χ4v) is 3.46. The number of rotatable bonds is 9. The van der Waals surface area contributed by atoms with E-state index in [0.29, 0.717) is 19.0 Å². The maximum Gasteiger partial charge on any atom is 0.224 e. The van der Waals surface area contributed by atoms with Gasteiger partial charge in [-0.25, -0.2) is 0 Å². The van der Waals surface area contributed by atoms with Gasteiger partial charge in [-0.3, -0.25) is 9.69 Å². The molecule has 118 valence electrons. The number of hydrogen-bond donors (Lipinski definition) is 1. The molecule has 1 aromatic rings. The number of carbonyl (C=O) groups is 1. The minimum Gasteiger partial charge on any atom is -0.343 e. The molecule has 21 heavy (non-hydrogen) atoms. The maximum atomic E-state index is 12.4. The Bertz CT molecular complexity index is 427. The molecule has 0 saturated heterocycles. The molecule has 1 saturated carbocycles. The Morgan fingerprint density at radius 2 is 2.14 bits per heavy atom. The summed E-state index contributed by atoms with van der Waals surface area (Å²) in [6, 6.07) is 2.94. The molecule has 0 bridgehead atoms. The second kappa shape index (κ2) is 7.92. The zero-order valence-corrected chi connectivity index (χ0v) is 13.9. The molecule has 1 aliphatic carbocycles. The van der Waals surface area contributed by atoms with Crippen LogP contribution in [0.4, 0.5) is 0 Å². The number of carbonyl (C=O) groups excluding carboxylic acids is 1. The van der Waals surface area contributed by atoms with E-state index in [-0.39, 0.29) is 11.9 Å². The number of nitrogens with zero attached hydrogens (tertiary/aromatic N) is 2. The van der Waals surface area contributed by atoms with Crippen LogP contribution in [0.3, 0.4) is 0 Å². The molecule has 1 aliphatic rings. The third-order valence-corrected chi connectivity index (χ3v) is 4.96. The molecule has 1 aromatic heterocycles. The van der Waals surface area contributed by atoms with Crippen LogP contribution in [0.1, 0.15) is 38.7 Å². The summed E-state index contributed by atoms with van der Waals surface area (Å²) in [6.07, 6.45) is 3.01. The van der Waals surface area contributed by atoms with Gasteiger partial charge in [-0.2, -0.15) is 11.3 Å². The molecule has 0 aromatic carbocycles. The zero-order valence-electron chi connectivity index (χ0n) is 13.1. The minimum atomic E-state index is 0.158. The highest BCUT2D eigenvalue weighted by atomic mass is 32.1. The van der Waals surface area contributed by atoms with Gasteiger partial charge in [-0.05, 0) is 49.1 Å². The molecule has 0 aliphatic heterocycles. The highest BCUT2D eigenvalue weighted by Gasteiger charge is 2.34. The van der Waals surface area contributed by atoms with Gasteiger partial charge >= 0.3 is 0 Å². The smallest absolute Gasteiger partial charge is 0.224 e. The fraction of sp³-hybridized carbons (Fsp3) is 0.688. The zero-order chi connectivity index (χ0) is 15.2. The van der Waals surface area contributed by atoms with E-state index in [2.05, 4.69) is 21.7 Å². The molecule has 5 heteroatoms. The van der Waals surface area contributed by atoms with Gasteiger partial charge in [0.25, 0.3) is 0 Å². The SMILES string of the molecule is CCN(CC)C(=O)CC(CN)N(Cc1ccsc1)C1CC1. The first-order valence-corrected chi connectivity index (χ1v) is 8.88. The molecule has 1 amide bonds. The maximum absolute atomic E-state index is 12.4. The van der Waals surface area contributed by atoms with E-state index in [0.717, 1.165) is 19.6 Å². The van der Waals surface area contributed by atoms with Crippen LogP contribution in [0.25, 0.3) is 0 Å². The van der Waals surface area contributed by atoms with E-state index < -0.39 is 0 Å². The lowest BCUT2D eigenvalue weighted by molar-refractivity contribution is -0.132. The molecule has 2 N–H and O–H groups in total. The van der Waals surface area contributed by atoms with E-state index >= 15 is 0 Å². The molecule has 4 nitrogen and oxygen atoms in total. The summed E-state index contributed by atoms with van der Waals surface area (Å²) in [5.41, 5.74) is 7.32. The lowest BCUT2D eigenvalue weighted by atomic mass is 10.1. The van der Waals surface area contributed by atoms with Crippen molar-refractivity contribution >= 4 is 17.2 Å². The van der Waals surface area contributed by atoms with Crippen molar-refractivity contribution in [3.63, 3.8) is 0 Å². The number of hydrogen-bond acceptors (Lipinski definition) is 4. The Morgan fingerprint density at radius 1 is 1.43 bits per heavy atom. The Kier molecular flexibility index (Phi) is 6.21. The van der Waals surface area contributed by atoms with Gasteiger partial charge in [0.05, 0.1) is 0 Å². The first-order valence-electron chi connectivity index (χ1n) is 7.94. The third kappa shape index (κ3) is 4.53. The van der Waals surface area contributed by atoms with Gasteiger partial charge in [0, 0.05) is 44.7 Å². The van der Waals surface area contributed by atoms with E-state index in [1.54, 1.807) is 11.3 Å². The van der Waals surface area contributed by atoms with Crippen LogP contribution in [-0.4, -0.2) is 47.4 Å². The van der Waals surface area contributed by atoms with Gasteiger partial charge < -0.3 is 10.6 Å². The summed E-state index contributed by atoms with van der Waals surface area (Å²) >= 11 is 1.73. The summed E-state index contributed by atoms with van der Waals surface area (Å²) in [7, 11) is 0. The van der Waals surface area contributed by atoms with Crippen molar-refractivity contribution in [3.05, 3.63) is 22.4 Å². The highest BCUT2D eigenvalue weighted by Crippen LogP contribution is 2.31. The highest BCUT2D eigenvalue weighted by molar-refractivity contribution is 7.07. The molecule has 1 atom stereocenters.